The zero-order valence-corrected chi connectivity index (χ0v) is 10.7. The van der Waals surface area contributed by atoms with E-state index in [-0.39, 0.29) is 6.61 Å². The first kappa shape index (κ1) is 14.2. The monoisotopic (exact) mass is 237 g/mol. The van der Waals surface area contributed by atoms with Crippen LogP contribution >= 0.6 is 0 Å². The fourth-order valence-electron chi connectivity index (χ4n) is 1.58. The predicted molar refractivity (Wildman–Crippen MR) is 69.9 cm³/mol. The first-order chi connectivity index (χ1) is 8.03. The highest BCUT2D eigenvalue weighted by atomic mass is 16.3. The second kappa shape index (κ2) is 6.74. The van der Waals surface area contributed by atoms with Crippen molar-refractivity contribution < 1.29 is 10.2 Å². The van der Waals surface area contributed by atoms with Gasteiger partial charge in [0.1, 0.15) is 0 Å². The van der Waals surface area contributed by atoms with E-state index in [0.29, 0.717) is 12.6 Å². The summed E-state index contributed by atoms with van der Waals surface area (Å²) in [5, 5.41) is 21.8. The average molecular weight is 237 g/mol. The van der Waals surface area contributed by atoms with Crippen molar-refractivity contribution in [3.63, 3.8) is 0 Å². The van der Waals surface area contributed by atoms with Crippen molar-refractivity contribution in [1.29, 1.82) is 0 Å². The van der Waals surface area contributed by atoms with Crippen molar-refractivity contribution in [3.8, 4) is 0 Å². The Balaban J connectivity index is 2.24. The zero-order valence-electron chi connectivity index (χ0n) is 10.7. The molecular weight excluding hydrogens is 214 g/mol. The normalized spacial score (nSPS) is 16.5. The molecule has 96 valence electrons. The minimum atomic E-state index is -1.03. The van der Waals surface area contributed by atoms with Gasteiger partial charge in [0.25, 0.3) is 0 Å². The molecular formula is C14H23NO2. The van der Waals surface area contributed by atoms with Gasteiger partial charge in [-0.3, -0.25) is 0 Å². The van der Waals surface area contributed by atoms with Gasteiger partial charge in [-0.15, -0.1) is 0 Å². The Morgan fingerprint density at radius 3 is 2.53 bits per heavy atom. The van der Waals surface area contributed by atoms with Crippen LogP contribution in [0.5, 0.6) is 0 Å². The van der Waals surface area contributed by atoms with Crippen LogP contribution in [0.25, 0.3) is 0 Å². The molecule has 0 aliphatic rings. The van der Waals surface area contributed by atoms with E-state index in [1.165, 1.54) is 5.56 Å². The maximum absolute atomic E-state index is 9.64. The van der Waals surface area contributed by atoms with Crippen molar-refractivity contribution >= 4 is 0 Å². The lowest BCUT2D eigenvalue weighted by Crippen LogP contribution is -2.44. The standard InChI is InChI=1S/C14H23NO2/c1-12(15-10-14(2,17)11-16)8-9-13-6-4-3-5-7-13/h3-7,12,15-17H,8-11H2,1-2H3. The molecule has 0 heterocycles. The van der Waals surface area contributed by atoms with Crippen LogP contribution in [-0.4, -0.2) is 35.0 Å². The van der Waals surface area contributed by atoms with Crippen LogP contribution in [-0.2, 0) is 6.42 Å². The van der Waals surface area contributed by atoms with Gasteiger partial charge in [-0.05, 0) is 32.3 Å². The number of nitrogens with one attached hydrogen (secondary N) is 1. The van der Waals surface area contributed by atoms with Gasteiger partial charge in [0, 0.05) is 12.6 Å². The summed E-state index contributed by atoms with van der Waals surface area (Å²) in [6, 6.07) is 10.7. The van der Waals surface area contributed by atoms with Crippen LogP contribution in [0.15, 0.2) is 30.3 Å². The largest absolute Gasteiger partial charge is 0.393 e. The summed E-state index contributed by atoms with van der Waals surface area (Å²) in [6.45, 7) is 3.92. The summed E-state index contributed by atoms with van der Waals surface area (Å²) in [5.41, 5.74) is 0.302. The molecule has 3 nitrogen and oxygen atoms in total. The van der Waals surface area contributed by atoms with E-state index in [4.69, 9.17) is 5.11 Å². The second-order valence-corrected chi connectivity index (χ2v) is 4.96. The Bertz CT molecular complexity index is 311. The zero-order chi connectivity index (χ0) is 12.7. The third-order valence-electron chi connectivity index (χ3n) is 2.88. The molecule has 2 unspecified atom stereocenters. The summed E-state index contributed by atoms with van der Waals surface area (Å²) >= 11 is 0. The first-order valence-corrected chi connectivity index (χ1v) is 6.14. The van der Waals surface area contributed by atoms with Gasteiger partial charge in [-0.25, -0.2) is 0 Å². The fourth-order valence-corrected chi connectivity index (χ4v) is 1.58. The number of hydrogen-bond donors (Lipinski definition) is 3. The van der Waals surface area contributed by atoms with E-state index < -0.39 is 5.60 Å². The predicted octanol–water partition coefficient (Wildman–Crippen LogP) is 1.34. The molecule has 3 N–H and O–H groups in total. The van der Waals surface area contributed by atoms with Crippen LogP contribution in [0.1, 0.15) is 25.8 Å². The SMILES string of the molecule is CC(CCc1ccccc1)NCC(C)(O)CO. The molecule has 0 fully saturated rings. The molecule has 2 atom stereocenters. The third-order valence-corrected chi connectivity index (χ3v) is 2.88. The lowest BCUT2D eigenvalue weighted by Gasteiger charge is -2.23. The Morgan fingerprint density at radius 2 is 1.94 bits per heavy atom. The van der Waals surface area contributed by atoms with Crippen LogP contribution in [0, 0.1) is 0 Å². The van der Waals surface area contributed by atoms with Crippen LogP contribution in [0.2, 0.25) is 0 Å². The highest BCUT2D eigenvalue weighted by Gasteiger charge is 2.19. The van der Waals surface area contributed by atoms with Crippen molar-refractivity contribution in [2.45, 2.75) is 38.3 Å². The average Bonchev–Trinajstić information content (AvgIpc) is 2.35. The first-order valence-electron chi connectivity index (χ1n) is 6.14. The molecule has 0 spiro atoms. The van der Waals surface area contributed by atoms with Crippen LogP contribution in [0.4, 0.5) is 0 Å². The van der Waals surface area contributed by atoms with Crippen molar-refractivity contribution in [2.24, 2.45) is 0 Å². The van der Waals surface area contributed by atoms with E-state index in [1.54, 1.807) is 6.92 Å². The topological polar surface area (TPSA) is 52.5 Å². The quantitative estimate of drug-likeness (QED) is 0.671. The Hall–Kier alpha value is -0.900. The number of aliphatic hydroxyl groups excluding tert-OH is 1. The van der Waals surface area contributed by atoms with Gasteiger partial charge in [0.05, 0.1) is 12.2 Å². The maximum atomic E-state index is 9.64. The number of aryl methyl sites for hydroxylation is 1. The van der Waals surface area contributed by atoms with Gasteiger partial charge >= 0.3 is 0 Å². The molecule has 1 rings (SSSR count). The number of hydrogen-bond acceptors (Lipinski definition) is 3. The van der Waals surface area contributed by atoms with Crippen molar-refractivity contribution in [3.05, 3.63) is 35.9 Å². The second-order valence-electron chi connectivity index (χ2n) is 4.96. The van der Waals surface area contributed by atoms with Crippen molar-refractivity contribution in [2.75, 3.05) is 13.2 Å². The molecule has 0 bridgehead atoms. The molecule has 1 aromatic rings. The lowest BCUT2D eigenvalue weighted by molar-refractivity contribution is 0.000955. The Kier molecular flexibility index (Phi) is 5.62. The highest BCUT2D eigenvalue weighted by Crippen LogP contribution is 2.06. The lowest BCUT2D eigenvalue weighted by atomic mass is 10.0. The smallest absolute Gasteiger partial charge is 0.0972 e. The number of benzene rings is 1. The van der Waals surface area contributed by atoms with Gasteiger partial charge in [-0.1, -0.05) is 30.3 Å². The van der Waals surface area contributed by atoms with E-state index in [9.17, 15) is 5.11 Å². The summed E-state index contributed by atoms with van der Waals surface area (Å²) in [6.07, 6.45) is 2.04. The van der Waals surface area contributed by atoms with E-state index in [0.717, 1.165) is 12.8 Å². The van der Waals surface area contributed by atoms with E-state index >= 15 is 0 Å². The number of rotatable bonds is 7. The molecule has 0 amide bonds. The Labute approximate surface area is 103 Å². The molecule has 0 aliphatic heterocycles. The number of aliphatic hydroxyl groups is 2. The molecule has 0 aromatic heterocycles. The van der Waals surface area contributed by atoms with Crippen molar-refractivity contribution in [1.82, 2.24) is 5.32 Å². The summed E-state index contributed by atoms with van der Waals surface area (Å²) in [7, 11) is 0. The fraction of sp³-hybridized carbons (Fsp3) is 0.571. The van der Waals surface area contributed by atoms with Gasteiger partial charge in [-0.2, -0.15) is 0 Å². The maximum Gasteiger partial charge on any atom is 0.0972 e. The molecule has 1 aromatic carbocycles. The molecule has 0 saturated carbocycles. The molecule has 0 aliphatic carbocycles. The molecule has 0 saturated heterocycles. The minimum Gasteiger partial charge on any atom is -0.393 e. The van der Waals surface area contributed by atoms with E-state index in [2.05, 4.69) is 24.4 Å². The van der Waals surface area contributed by atoms with Gasteiger partial charge in [0.2, 0.25) is 0 Å². The Morgan fingerprint density at radius 1 is 1.29 bits per heavy atom. The molecule has 3 heteroatoms. The summed E-state index contributed by atoms with van der Waals surface area (Å²) in [4.78, 5) is 0. The molecule has 17 heavy (non-hydrogen) atoms. The van der Waals surface area contributed by atoms with Gasteiger partial charge in [0.15, 0.2) is 0 Å². The van der Waals surface area contributed by atoms with Gasteiger partial charge < -0.3 is 15.5 Å². The summed E-state index contributed by atoms with van der Waals surface area (Å²) in [5.74, 6) is 0. The highest BCUT2D eigenvalue weighted by molar-refractivity contribution is 5.14. The molecule has 0 radical (unpaired) electrons. The minimum absolute atomic E-state index is 0.217. The van der Waals surface area contributed by atoms with E-state index in [1.807, 2.05) is 18.2 Å². The summed E-state index contributed by atoms with van der Waals surface area (Å²) < 4.78 is 0. The third kappa shape index (κ3) is 5.82. The van der Waals surface area contributed by atoms with Crippen LogP contribution in [0.3, 0.4) is 0 Å². The van der Waals surface area contributed by atoms with Crippen LogP contribution < -0.4 is 5.32 Å².